The van der Waals surface area contributed by atoms with Gasteiger partial charge in [0.1, 0.15) is 11.8 Å². The molecule has 1 heterocycles. The van der Waals surface area contributed by atoms with Gasteiger partial charge in [0.05, 0.1) is 12.6 Å². The van der Waals surface area contributed by atoms with Crippen molar-refractivity contribution in [3.63, 3.8) is 0 Å². The van der Waals surface area contributed by atoms with E-state index in [4.69, 9.17) is 16.7 Å². The van der Waals surface area contributed by atoms with Gasteiger partial charge >= 0.3 is 6.18 Å². The first-order valence-electron chi connectivity index (χ1n) is 5.54. The van der Waals surface area contributed by atoms with Gasteiger partial charge in [-0.15, -0.1) is 0 Å². The molecule has 0 bridgehead atoms. The molecule has 0 saturated carbocycles. The van der Waals surface area contributed by atoms with Crippen LogP contribution < -0.4 is 11.5 Å². The third-order valence-electron chi connectivity index (χ3n) is 2.64. The van der Waals surface area contributed by atoms with Crippen LogP contribution in [0.1, 0.15) is 12.8 Å². The molecular weight excluding hydrogens is 279 g/mol. The third kappa shape index (κ3) is 3.67. The zero-order valence-electron chi connectivity index (χ0n) is 10.2. The number of nitrogens with zero attached hydrogens (tertiary/aromatic N) is 3. The number of aliphatic imine (C=N–C) groups is 1. The first-order chi connectivity index (χ1) is 9.16. The SMILES string of the molecule is N#CC1N=C(C(F)(F)F)CN1C(=O)[C@@H](N)CCC(N)=O. The summed E-state index contributed by atoms with van der Waals surface area (Å²) in [6.45, 7) is -0.829. The molecule has 0 aromatic heterocycles. The lowest BCUT2D eigenvalue weighted by Gasteiger charge is -2.22. The van der Waals surface area contributed by atoms with Crippen LogP contribution in [0.15, 0.2) is 4.99 Å². The smallest absolute Gasteiger partial charge is 0.370 e. The van der Waals surface area contributed by atoms with E-state index in [0.29, 0.717) is 4.90 Å². The molecule has 2 amide bonds. The zero-order valence-corrected chi connectivity index (χ0v) is 10.2. The Balaban J connectivity index is 2.75. The minimum Gasteiger partial charge on any atom is -0.370 e. The van der Waals surface area contributed by atoms with E-state index in [1.54, 1.807) is 0 Å². The van der Waals surface area contributed by atoms with Gasteiger partial charge in [-0.05, 0) is 6.42 Å². The van der Waals surface area contributed by atoms with Gasteiger partial charge in [-0.2, -0.15) is 18.4 Å². The van der Waals surface area contributed by atoms with E-state index < -0.39 is 42.5 Å². The van der Waals surface area contributed by atoms with Crippen LogP contribution >= 0.6 is 0 Å². The topological polar surface area (TPSA) is 126 Å². The van der Waals surface area contributed by atoms with Crippen molar-refractivity contribution in [3.05, 3.63) is 0 Å². The second-order valence-electron chi connectivity index (χ2n) is 4.15. The normalized spacial score (nSPS) is 20.2. The van der Waals surface area contributed by atoms with E-state index in [9.17, 15) is 22.8 Å². The van der Waals surface area contributed by atoms with E-state index in [1.807, 2.05) is 0 Å². The summed E-state index contributed by atoms with van der Waals surface area (Å²) in [6.07, 6.45) is -6.55. The van der Waals surface area contributed by atoms with Gasteiger partial charge < -0.3 is 16.4 Å². The average Bonchev–Trinajstić information content (AvgIpc) is 2.78. The van der Waals surface area contributed by atoms with Crippen LogP contribution in [-0.2, 0) is 9.59 Å². The number of nitriles is 1. The highest BCUT2D eigenvalue weighted by Crippen LogP contribution is 2.24. The largest absolute Gasteiger partial charge is 0.430 e. The Morgan fingerprint density at radius 2 is 2.15 bits per heavy atom. The molecule has 7 nitrogen and oxygen atoms in total. The fourth-order valence-electron chi connectivity index (χ4n) is 1.60. The first-order valence-corrected chi connectivity index (χ1v) is 5.54. The zero-order chi connectivity index (χ0) is 15.5. The van der Waals surface area contributed by atoms with Crippen LogP contribution in [0.2, 0.25) is 0 Å². The number of primary amides is 1. The second kappa shape index (κ2) is 5.87. The Hall–Kier alpha value is -2.15. The number of carbonyl (C=O) groups excluding carboxylic acids is 2. The second-order valence-corrected chi connectivity index (χ2v) is 4.15. The van der Waals surface area contributed by atoms with Crippen LogP contribution in [0.4, 0.5) is 13.2 Å². The lowest BCUT2D eigenvalue weighted by molar-refractivity contribution is -0.132. The summed E-state index contributed by atoms with van der Waals surface area (Å²) in [7, 11) is 0. The number of carbonyl (C=O) groups is 2. The lowest BCUT2D eigenvalue weighted by atomic mass is 10.1. The number of hydrogen-bond acceptors (Lipinski definition) is 5. The predicted molar refractivity (Wildman–Crippen MR) is 61.0 cm³/mol. The average molecular weight is 291 g/mol. The summed E-state index contributed by atoms with van der Waals surface area (Å²) in [5, 5.41) is 8.74. The summed E-state index contributed by atoms with van der Waals surface area (Å²) in [4.78, 5) is 26.2. The minimum absolute atomic E-state index is 0.107. The standard InChI is InChI=1S/C10H12F3N5O2/c11-10(12,13)6-4-18(8(3-14)17-6)9(20)5(15)1-2-7(16)19/h5,8H,1-2,4,15H2,(H2,16,19)/t5-,8?/m0/s1. The molecular formula is C10H12F3N5O2. The highest BCUT2D eigenvalue weighted by Gasteiger charge is 2.44. The summed E-state index contributed by atoms with van der Waals surface area (Å²) >= 11 is 0. The fraction of sp³-hybridized carbons (Fsp3) is 0.600. The van der Waals surface area contributed by atoms with Crippen molar-refractivity contribution < 1.29 is 22.8 Å². The fourth-order valence-corrected chi connectivity index (χ4v) is 1.60. The minimum atomic E-state index is -4.71. The van der Waals surface area contributed by atoms with Gasteiger partial charge in [-0.1, -0.05) is 0 Å². The molecule has 0 spiro atoms. The predicted octanol–water partition coefficient (Wildman–Crippen LogP) is -0.726. The van der Waals surface area contributed by atoms with Crippen LogP contribution in [0.5, 0.6) is 0 Å². The number of rotatable bonds is 4. The van der Waals surface area contributed by atoms with E-state index in [1.165, 1.54) is 6.07 Å². The first kappa shape index (κ1) is 15.9. The van der Waals surface area contributed by atoms with E-state index in [2.05, 4.69) is 4.99 Å². The molecule has 1 unspecified atom stereocenters. The third-order valence-corrected chi connectivity index (χ3v) is 2.64. The molecule has 0 fully saturated rings. The summed E-state index contributed by atoms with van der Waals surface area (Å²) in [6, 6.07) is 0.280. The van der Waals surface area contributed by atoms with Gasteiger partial charge in [0.2, 0.25) is 18.0 Å². The maximum atomic E-state index is 12.5. The van der Waals surface area contributed by atoms with E-state index in [-0.39, 0.29) is 12.8 Å². The van der Waals surface area contributed by atoms with Gasteiger partial charge in [-0.3, -0.25) is 9.59 Å². The van der Waals surface area contributed by atoms with Gasteiger partial charge in [0.25, 0.3) is 0 Å². The molecule has 1 aliphatic rings. The van der Waals surface area contributed by atoms with Crippen LogP contribution in [0, 0.1) is 11.3 Å². The van der Waals surface area contributed by atoms with Crippen molar-refractivity contribution in [2.75, 3.05) is 6.54 Å². The summed E-state index contributed by atoms with van der Waals surface area (Å²) in [5.74, 6) is -1.56. The number of nitrogens with two attached hydrogens (primary N) is 2. The Morgan fingerprint density at radius 3 is 2.60 bits per heavy atom. The number of halogens is 3. The van der Waals surface area contributed by atoms with Crippen LogP contribution in [0.3, 0.4) is 0 Å². The molecule has 0 aliphatic carbocycles. The molecule has 0 radical (unpaired) electrons. The number of amides is 2. The number of alkyl halides is 3. The molecule has 0 aromatic carbocycles. The van der Waals surface area contributed by atoms with Gasteiger partial charge in [0, 0.05) is 6.42 Å². The van der Waals surface area contributed by atoms with E-state index >= 15 is 0 Å². The maximum Gasteiger partial charge on any atom is 0.430 e. The molecule has 1 rings (SSSR count). The van der Waals surface area contributed by atoms with Gasteiger partial charge in [-0.25, -0.2) is 4.99 Å². The summed E-state index contributed by atoms with van der Waals surface area (Å²) < 4.78 is 37.5. The molecule has 2 atom stereocenters. The Kier molecular flexibility index (Phi) is 4.67. The molecule has 10 heteroatoms. The van der Waals surface area contributed by atoms with E-state index in [0.717, 1.165) is 0 Å². The Labute approximate surface area is 112 Å². The van der Waals surface area contributed by atoms with Gasteiger partial charge in [0.15, 0.2) is 0 Å². The lowest BCUT2D eigenvalue weighted by Crippen LogP contribution is -2.47. The molecule has 20 heavy (non-hydrogen) atoms. The van der Waals surface area contributed by atoms with Crippen molar-refractivity contribution in [2.24, 2.45) is 16.5 Å². The Morgan fingerprint density at radius 1 is 1.55 bits per heavy atom. The Bertz CT molecular complexity index is 482. The van der Waals surface area contributed by atoms with Crippen LogP contribution in [-0.4, -0.2) is 47.4 Å². The van der Waals surface area contributed by atoms with Crippen LogP contribution in [0.25, 0.3) is 0 Å². The quantitative estimate of drug-likeness (QED) is 0.708. The highest BCUT2D eigenvalue weighted by atomic mass is 19.4. The summed E-state index contributed by atoms with van der Waals surface area (Å²) in [5.41, 5.74) is 9.15. The van der Waals surface area contributed by atoms with Crippen molar-refractivity contribution in [1.29, 1.82) is 5.26 Å². The van der Waals surface area contributed by atoms with Crippen molar-refractivity contribution >= 4 is 17.5 Å². The molecule has 4 N–H and O–H groups in total. The highest BCUT2D eigenvalue weighted by molar-refractivity contribution is 5.97. The molecule has 0 saturated heterocycles. The number of hydrogen-bond donors (Lipinski definition) is 2. The maximum absolute atomic E-state index is 12.5. The van der Waals surface area contributed by atoms with Crippen molar-refractivity contribution in [1.82, 2.24) is 4.90 Å². The van der Waals surface area contributed by atoms with Crippen molar-refractivity contribution in [2.45, 2.75) is 31.2 Å². The monoisotopic (exact) mass is 291 g/mol. The molecule has 110 valence electrons. The molecule has 0 aromatic rings. The molecule has 1 aliphatic heterocycles. The van der Waals surface area contributed by atoms with Crippen molar-refractivity contribution in [3.8, 4) is 6.07 Å².